The number of benzene rings is 1. The van der Waals surface area contributed by atoms with Gasteiger partial charge in [-0.15, -0.1) is 5.10 Å². The lowest BCUT2D eigenvalue weighted by Gasteiger charge is -2.24. The van der Waals surface area contributed by atoms with E-state index in [2.05, 4.69) is 19.9 Å². The minimum absolute atomic E-state index is 0.0826. The summed E-state index contributed by atoms with van der Waals surface area (Å²) < 4.78 is 34.2. The van der Waals surface area contributed by atoms with E-state index in [-0.39, 0.29) is 11.0 Å². The Bertz CT molecular complexity index is 1350. The number of hydrogen-bond acceptors (Lipinski definition) is 7. The maximum Gasteiger partial charge on any atom is 0.434 e. The highest BCUT2D eigenvalue weighted by Gasteiger charge is 2.34. The van der Waals surface area contributed by atoms with Gasteiger partial charge in [0.05, 0.1) is 0 Å². The number of aromatic amines is 1. The molecule has 4 rings (SSSR count). The van der Waals surface area contributed by atoms with Crippen LogP contribution in [0.25, 0.3) is 0 Å². The molecule has 1 aliphatic carbocycles. The average Bonchev–Trinajstić information content (AvgIpc) is 3.40. The summed E-state index contributed by atoms with van der Waals surface area (Å²) in [5, 5.41) is 5.92. The van der Waals surface area contributed by atoms with Crippen molar-refractivity contribution in [1.29, 1.82) is 0 Å². The molecule has 0 bridgehead atoms. The molecule has 3 aromatic rings. The fraction of sp³-hybridized carbons (Fsp3) is 0.300. The summed E-state index contributed by atoms with van der Waals surface area (Å²) in [5.41, 5.74) is 8.08. The van der Waals surface area contributed by atoms with E-state index in [4.69, 9.17) is 21.8 Å². The van der Waals surface area contributed by atoms with Crippen LogP contribution in [0.3, 0.4) is 0 Å². The Morgan fingerprint density at radius 3 is 2.75 bits per heavy atom. The lowest BCUT2D eigenvalue weighted by Crippen LogP contribution is -2.34. The summed E-state index contributed by atoms with van der Waals surface area (Å²) in [6.07, 6.45) is 2.82. The number of nitrogens with one attached hydrogen (secondary N) is 2. The number of rotatable bonds is 7. The third-order valence-corrected chi connectivity index (χ3v) is 7.21. The van der Waals surface area contributed by atoms with Gasteiger partial charge in [-0.05, 0) is 48.1 Å². The Labute approximate surface area is 188 Å². The highest BCUT2D eigenvalue weighted by molar-refractivity contribution is 7.89. The molecule has 0 fully saturated rings. The van der Waals surface area contributed by atoms with E-state index in [1.165, 1.54) is 11.6 Å². The van der Waals surface area contributed by atoms with Gasteiger partial charge in [0, 0.05) is 5.92 Å². The highest BCUT2D eigenvalue weighted by atomic mass is 35.5. The van der Waals surface area contributed by atoms with Crippen molar-refractivity contribution in [2.45, 2.75) is 43.0 Å². The highest BCUT2D eigenvalue weighted by Crippen LogP contribution is 2.37. The van der Waals surface area contributed by atoms with Crippen LogP contribution in [0.4, 0.5) is 0 Å². The van der Waals surface area contributed by atoms with Crippen LogP contribution in [-0.4, -0.2) is 29.5 Å². The molecular weight excluding hydrogens is 458 g/mol. The van der Waals surface area contributed by atoms with Crippen LogP contribution in [-0.2, 0) is 22.9 Å². The van der Waals surface area contributed by atoms with Crippen molar-refractivity contribution >= 4 is 27.5 Å². The maximum absolute atomic E-state index is 13.3. The Morgan fingerprint density at radius 2 is 2.06 bits per heavy atom. The van der Waals surface area contributed by atoms with E-state index < -0.39 is 44.2 Å². The van der Waals surface area contributed by atoms with Crippen molar-refractivity contribution in [2.24, 2.45) is 5.73 Å². The molecular formula is C20H20ClN5O5S. The summed E-state index contributed by atoms with van der Waals surface area (Å²) in [6, 6.07) is 7.20. The van der Waals surface area contributed by atoms with Crippen LogP contribution in [0.1, 0.15) is 58.4 Å². The topological polar surface area (TPSA) is 161 Å². The van der Waals surface area contributed by atoms with Gasteiger partial charge in [-0.25, -0.2) is 23.3 Å². The second-order valence-corrected chi connectivity index (χ2v) is 9.59. The van der Waals surface area contributed by atoms with Crippen LogP contribution in [0.2, 0.25) is 5.15 Å². The lowest BCUT2D eigenvalue weighted by molar-refractivity contribution is 0.0992. The molecule has 32 heavy (non-hydrogen) atoms. The summed E-state index contributed by atoms with van der Waals surface area (Å²) >= 11 is 5.80. The zero-order valence-electron chi connectivity index (χ0n) is 17.0. The van der Waals surface area contributed by atoms with Crippen molar-refractivity contribution in [1.82, 2.24) is 19.9 Å². The molecule has 0 saturated heterocycles. The van der Waals surface area contributed by atoms with Gasteiger partial charge in [-0.1, -0.05) is 36.7 Å². The van der Waals surface area contributed by atoms with Gasteiger partial charge in [0.2, 0.25) is 15.9 Å². The van der Waals surface area contributed by atoms with Gasteiger partial charge in [-0.3, -0.25) is 4.79 Å². The minimum atomic E-state index is -4.35. The molecule has 1 aliphatic rings. The Hall–Kier alpha value is -3.02. The number of halogens is 1. The molecule has 1 aromatic carbocycles. The van der Waals surface area contributed by atoms with Crippen LogP contribution >= 0.6 is 11.6 Å². The van der Waals surface area contributed by atoms with E-state index in [0.717, 1.165) is 36.5 Å². The van der Waals surface area contributed by atoms with Gasteiger partial charge < -0.3 is 10.2 Å². The van der Waals surface area contributed by atoms with Crippen molar-refractivity contribution in [3.63, 3.8) is 0 Å². The van der Waals surface area contributed by atoms with Crippen LogP contribution < -0.4 is 16.2 Å². The quantitative estimate of drug-likeness (QED) is 0.437. The zero-order chi connectivity index (χ0) is 23.0. The van der Waals surface area contributed by atoms with Crippen molar-refractivity contribution < 1.29 is 17.6 Å². The molecule has 0 aliphatic heterocycles. The maximum atomic E-state index is 13.3. The summed E-state index contributed by atoms with van der Waals surface area (Å²) in [7, 11) is -4.35. The number of nitrogens with zero attached hydrogens (tertiary/aromatic N) is 2. The van der Waals surface area contributed by atoms with Gasteiger partial charge in [0.15, 0.2) is 0 Å². The van der Waals surface area contributed by atoms with Crippen molar-refractivity contribution in [3.8, 4) is 0 Å². The Kier molecular flexibility index (Phi) is 5.89. The zero-order valence-corrected chi connectivity index (χ0v) is 18.5. The standard InChI is InChI=1S/C20H20ClN5O5S/c1-10(12-6-2-4-11-5-3-7-13(11)12)16(19-24-25-20(28)31-19)26-32(29,30)14-8-9-15(21)23-17(14)18(22)27/h2,4,6,8-10,16,26H,3,5,7H2,1H3,(H2,22,27)(H,25,28). The molecule has 2 heterocycles. The number of H-pyrrole nitrogens is 1. The third kappa shape index (κ3) is 4.18. The van der Waals surface area contributed by atoms with E-state index in [1.54, 1.807) is 0 Å². The Morgan fingerprint density at radius 1 is 1.28 bits per heavy atom. The predicted molar refractivity (Wildman–Crippen MR) is 115 cm³/mol. The molecule has 168 valence electrons. The first-order chi connectivity index (χ1) is 15.2. The van der Waals surface area contributed by atoms with E-state index in [9.17, 15) is 18.0 Å². The normalized spacial score (nSPS) is 15.3. The number of hydrogen-bond donors (Lipinski definition) is 3. The van der Waals surface area contributed by atoms with Crippen LogP contribution in [0.5, 0.6) is 0 Å². The van der Waals surface area contributed by atoms with Crippen LogP contribution in [0, 0.1) is 0 Å². The fourth-order valence-electron chi connectivity index (χ4n) is 4.04. The van der Waals surface area contributed by atoms with E-state index in [1.807, 2.05) is 25.1 Å². The molecule has 0 spiro atoms. The van der Waals surface area contributed by atoms with E-state index >= 15 is 0 Å². The number of pyridine rings is 1. The molecule has 2 atom stereocenters. The first-order valence-corrected chi connectivity index (χ1v) is 11.7. The average molecular weight is 478 g/mol. The lowest BCUT2D eigenvalue weighted by atomic mass is 9.88. The van der Waals surface area contributed by atoms with Crippen LogP contribution in [0.15, 0.2) is 44.4 Å². The molecule has 1 amide bonds. The first kappa shape index (κ1) is 22.2. The second-order valence-electron chi connectivity index (χ2n) is 7.52. The fourth-order valence-corrected chi connectivity index (χ4v) is 5.60. The molecule has 0 saturated carbocycles. The SMILES string of the molecule is CC(c1cccc2c1CCC2)C(NS(=O)(=O)c1ccc(Cl)nc1C(N)=O)c1n[nH]c(=O)o1. The van der Waals surface area contributed by atoms with Gasteiger partial charge in [-0.2, -0.15) is 4.72 Å². The number of fused-ring (bicyclic) bond motifs is 1. The number of aromatic nitrogens is 3. The molecule has 4 N–H and O–H groups in total. The Balaban J connectivity index is 1.79. The van der Waals surface area contributed by atoms with Gasteiger partial charge in [0.1, 0.15) is 21.8 Å². The molecule has 2 aromatic heterocycles. The van der Waals surface area contributed by atoms with Gasteiger partial charge in [0.25, 0.3) is 5.91 Å². The van der Waals surface area contributed by atoms with Crippen molar-refractivity contribution in [2.75, 3.05) is 0 Å². The number of nitrogens with two attached hydrogens (primary N) is 1. The first-order valence-electron chi connectivity index (χ1n) is 9.82. The monoisotopic (exact) mass is 477 g/mol. The van der Waals surface area contributed by atoms with Crippen molar-refractivity contribution in [3.05, 3.63) is 74.3 Å². The summed E-state index contributed by atoms with van der Waals surface area (Å²) in [4.78, 5) is 26.7. The molecule has 2 unspecified atom stereocenters. The number of sulfonamides is 1. The second kappa shape index (κ2) is 8.49. The van der Waals surface area contributed by atoms with Gasteiger partial charge >= 0.3 is 5.76 Å². The third-order valence-electron chi connectivity index (χ3n) is 5.52. The summed E-state index contributed by atoms with van der Waals surface area (Å²) in [6.45, 7) is 1.81. The molecule has 12 heteroatoms. The minimum Gasteiger partial charge on any atom is -0.391 e. The molecule has 0 radical (unpaired) electrons. The number of primary amides is 1. The largest absolute Gasteiger partial charge is 0.434 e. The number of carbonyl (C=O) groups excluding carboxylic acids is 1. The smallest absolute Gasteiger partial charge is 0.391 e. The number of carbonyl (C=O) groups is 1. The number of aryl methyl sites for hydroxylation is 1. The number of amides is 1. The summed E-state index contributed by atoms with van der Waals surface area (Å²) in [5.74, 6) is -2.46. The van der Waals surface area contributed by atoms with E-state index in [0.29, 0.717) is 0 Å². The predicted octanol–water partition coefficient (Wildman–Crippen LogP) is 1.82. The molecule has 10 nitrogen and oxygen atoms in total.